The monoisotopic (exact) mass is 280 g/mol. The molecule has 1 aliphatic rings. The van der Waals surface area contributed by atoms with E-state index in [4.69, 9.17) is 15.0 Å². The van der Waals surface area contributed by atoms with E-state index in [1.54, 1.807) is 0 Å². The molecule has 1 fully saturated rings. The molecular formula is C9H16N2O6S. The summed E-state index contributed by atoms with van der Waals surface area (Å²) in [5.41, 5.74) is 0. The highest BCUT2D eigenvalue weighted by atomic mass is 32.2. The summed E-state index contributed by atoms with van der Waals surface area (Å²) in [6.07, 6.45) is -0.867. The Labute approximate surface area is 105 Å². The quantitative estimate of drug-likeness (QED) is 0.502. The van der Waals surface area contributed by atoms with Gasteiger partial charge in [-0.3, -0.25) is 4.79 Å². The molecule has 2 atom stereocenters. The van der Waals surface area contributed by atoms with Crippen LogP contribution in [0, 0.1) is 0 Å². The molecule has 1 rings (SSSR count). The van der Waals surface area contributed by atoms with Gasteiger partial charge in [-0.15, -0.1) is 0 Å². The third-order valence-electron chi connectivity index (χ3n) is 2.49. The Morgan fingerprint density at radius 1 is 1.33 bits per heavy atom. The van der Waals surface area contributed by atoms with E-state index in [2.05, 4.69) is 5.32 Å². The molecule has 0 aromatic carbocycles. The number of carboxylic acid groups (broad SMARTS) is 1. The van der Waals surface area contributed by atoms with Gasteiger partial charge in [0.2, 0.25) is 15.9 Å². The van der Waals surface area contributed by atoms with E-state index in [0.29, 0.717) is 12.8 Å². The second-order valence-electron chi connectivity index (χ2n) is 4.04. The highest BCUT2D eigenvalue weighted by Gasteiger charge is 2.34. The maximum absolute atomic E-state index is 11.5. The molecule has 2 unspecified atom stereocenters. The molecule has 9 heteroatoms. The fourth-order valence-corrected chi connectivity index (χ4v) is 2.16. The molecule has 4 N–H and O–H groups in total. The largest absolute Gasteiger partial charge is 0.479 e. The predicted molar refractivity (Wildman–Crippen MR) is 61.1 cm³/mol. The molecule has 18 heavy (non-hydrogen) atoms. The van der Waals surface area contributed by atoms with Crippen LogP contribution in [0.15, 0.2) is 0 Å². The van der Waals surface area contributed by atoms with Crippen LogP contribution in [0.3, 0.4) is 0 Å². The molecule has 0 aliphatic carbocycles. The van der Waals surface area contributed by atoms with Crippen molar-refractivity contribution in [2.45, 2.75) is 31.5 Å². The first-order chi connectivity index (χ1) is 8.29. The lowest BCUT2D eigenvalue weighted by atomic mass is 10.2. The lowest BCUT2D eigenvalue weighted by Crippen LogP contribution is -2.36. The van der Waals surface area contributed by atoms with Gasteiger partial charge >= 0.3 is 5.97 Å². The smallest absolute Gasteiger partial charge is 0.332 e. The Balaban J connectivity index is 2.24. The van der Waals surface area contributed by atoms with Crippen molar-refractivity contribution in [2.24, 2.45) is 5.14 Å². The van der Waals surface area contributed by atoms with Gasteiger partial charge in [-0.2, -0.15) is 0 Å². The van der Waals surface area contributed by atoms with Gasteiger partial charge < -0.3 is 15.2 Å². The maximum atomic E-state index is 11.5. The van der Waals surface area contributed by atoms with Crippen LogP contribution in [0.25, 0.3) is 0 Å². The third kappa shape index (κ3) is 4.98. The average Bonchev–Trinajstić information content (AvgIpc) is 2.72. The maximum Gasteiger partial charge on any atom is 0.332 e. The number of sulfonamides is 1. The summed E-state index contributed by atoms with van der Waals surface area (Å²) in [4.78, 5) is 22.1. The summed E-state index contributed by atoms with van der Waals surface area (Å²) in [5.74, 6) is -1.72. The van der Waals surface area contributed by atoms with E-state index in [1.807, 2.05) is 0 Å². The van der Waals surface area contributed by atoms with Gasteiger partial charge in [-0.25, -0.2) is 18.4 Å². The minimum absolute atomic E-state index is 0.160. The molecule has 104 valence electrons. The van der Waals surface area contributed by atoms with E-state index < -0.39 is 34.1 Å². The number of hydrogen-bond acceptors (Lipinski definition) is 5. The molecule has 8 nitrogen and oxygen atoms in total. The van der Waals surface area contributed by atoms with Crippen LogP contribution in [-0.4, -0.2) is 49.9 Å². The minimum atomic E-state index is -3.52. The van der Waals surface area contributed by atoms with Crippen molar-refractivity contribution < 1.29 is 27.9 Å². The molecule has 0 spiro atoms. The summed E-state index contributed by atoms with van der Waals surface area (Å²) in [6.45, 7) is 0.160. The normalized spacial score (nSPS) is 23.8. The van der Waals surface area contributed by atoms with Gasteiger partial charge in [0.15, 0.2) is 6.10 Å². The number of nitrogens with one attached hydrogen (secondary N) is 1. The first-order valence-electron chi connectivity index (χ1n) is 5.46. The van der Waals surface area contributed by atoms with Crippen LogP contribution in [0.4, 0.5) is 0 Å². The molecule has 1 saturated heterocycles. The fourth-order valence-electron chi connectivity index (χ4n) is 1.61. The van der Waals surface area contributed by atoms with Gasteiger partial charge in [-0.1, -0.05) is 0 Å². The highest BCUT2D eigenvalue weighted by molar-refractivity contribution is 7.89. The van der Waals surface area contributed by atoms with E-state index >= 15 is 0 Å². The number of hydrogen-bond donors (Lipinski definition) is 3. The van der Waals surface area contributed by atoms with E-state index in [0.717, 1.165) is 0 Å². The molecule has 0 saturated carbocycles. The number of aliphatic carboxylic acids is 1. The topological polar surface area (TPSA) is 136 Å². The second-order valence-corrected chi connectivity index (χ2v) is 5.77. The summed E-state index contributed by atoms with van der Waals surface area (Å²) in [5, 5.41) is 16.0. The van der Waals surface area contributed by atoms with Gasteiger partial charge in [0.25, 0.3) is 0 Å². The molecule has 0 bridgehead atoms. The van der Waals surface area contributed by atoms with Crippen LogP contribution in [0.5, 0.6) is 0 Å². The van der Waals surface area contributed by atoms with Crippen LogP contribution >= 0.6 is 0 Å². The van der Waals surface area contributed by atoms with Gasteiger partial charge in [0, 0.05) is 6.54 Å². The number of carboxylic acids is 1. The zero-order valence-electron chi connectivity index (χ0n) is 9.66. The molecule has 0 aromatic heterocycles. The number of ether oxygens (including phenoxy) is 1. The Hall–Kier alpha value is -1.19. The van der Waals surface area contributed by atoms with Crippen molar-refractivity contribution in [3.05, 3.63) is 0 Å². The first-order valence-corrected chi connectivity index (χ1v) is 7.17. The zero-order chi connectivity index (χ0) is 13.8. The van der Waals surface area contributed by atoms with Crippen LogP contribution in [0.2, 0.25) is 0 Å². The minimum Gasteiger partial charge on any atom is -0.479 e. The molecule has 0 radical (unpaired) electrons. The SMILES string of the molecule is NS(=O)(=O)CCCNC(=O)C1CCC(C(=O)O)O1. The van der Waals surface area contributed by atoms with Crippen LogP contribution in [0.1, 0.15) is 19.3 Å². The predicted octanol–water partition coefficient (Wildman–Crippen LogP) is -1.59. The van der Waals surface area contributed by atoms with E-state index in [-0.39, 0.29) is 18.7 Å². The number of carbonyl (C=O) groups excluding carboxylic acids is 1. The van der Waals surface area contributed by atoms with Crippen LogP contribution in [-0.2, 0) is 24.3 Å². The lowest BCUT2D eigenvalue weighted by molar-refractivity contribution is -0.151. The Morgan fingerprint density at radius 2 is 1.94 bits per heavy atom. The number of primary sulfonamides is 1. The van der Waals surface area contributed by atoms with Crippen LogP contribution < -0.4 is 10.5 Å². The number of nitrogens with two attached hydrogens (primary N) is 1. The van der Waals surface area contributed by atoms with Crippen molar-refractivity contribution in [1.29, 1.82) is 0 Å². The van der Waals surface area contributed by atoms with Gasteiger partial charge in [0.1, 0.15) is 6.10 Å². The Bertz CT molecular complexity index is 421. The highest BCUT2D eigenvalue weighted by Crippen LogP contribution is 2.19. The summed E-state index contributed by atoms with van der Waals surface area (Å²) < 4.78 is 26.3. The summed E-state index contributed by atoms with van der Waals surface area (Å²) in [7, 11) is -3.52. The van der Waals surface area contributed by atoms with Crippen molar-refractivity contribution in [1.82, 2.24) is 5.32 Å². The summed E-state index contributed by atoms with van der Waals surface area (Å²) >= 11 is 0. The summed E-state index contributed by atoms with van der Waals surface area (Å²) in [6, 6.07) is 0. The molecular weight excluding hydrogens is 264 g/mol. The van der Waals surface area contributed by atoms with Gasteiger partial charge in [-0.05, 0) is 19.3 Å². The molecule has 1 aliphatic heterocycles. The molecule has 1 heterocycles. The molecule has 1 amide bonds. The van der Waals surface area contributed by atoms with Crippen molar-refractivity contribution in [3.63, 3.8) is 0 Å². The number of rotatable bonds is 6. The van der Waals surface area contributed by atoms with Crippen molar-refractivity contribution in [3.8, 4) is 0 Å². The zero-order valence-corrected chi connectivity index (χ0v) is 10.5. The number of amides is 1. The second kappa shape index (κ2) is 6.12. The Morgan fingerprint density at radius 3 is 2.44 bits per heavy atom. The third-order valence-corrected chi connectivity index (χ3v) is 3.35. The lowest BCUT2D eigenvalue weighted by Gasteiger charge is -2.11. The van der Waals surface area contributed by atoms with E-state index in [9.17, 15) is 18.0 Å². The molecule has 0 aromatic rings. The first kappa shape index (κ1) is 14.9. The van der Waals surface area contributed by atoms with Crippen molar-refractivity contribution >= 4 is 21.9 Å². The van der Waals surface area contributed by atoms with E-state index in [1.165, 1.54) is 0 Å². The Kier molecular flexibility index (Phi) is 5.05. The standard InChI is InChI=1S/C9H16N2O6S/c10-18(15,16)5-1-4-11-8(12)6-2-3-7(17-6)9(13)14/h6-7H,1-5H2,(H,11,12)(H,13,14)(H2,10,15,16). The van der Waals surface area contributed by atoms with Gasteiger partial charge in [0.05, 0.1) is 5.75 Å². The fraction of sp³-hybridized carbons (Fsp3) is 0.778. The number of carbonyl (C=O) groups is 2. The van der Waals surface area contributed by atoms with Crippen molar-refractivity contribution in [2.75, 3.05) is 12.3 Å². The average molecular weight is 280 g/mol.